The molecule has 0 atom stereocenters. The predicted molar refractivity (Wildman–Crippen MR) is 99.2 cm³/mol. The highest BCUT2D eigenvalue weighted by Crippen LogP contribution is 2.23. The molecule has 1 saturated heterocycles. The minimum absolute atomic E-state index is 0.135. The highest BCUT2D eigenvalue weighted by atomic mass is 127. The number of rotatable bonds is 1. The van der Waals surface area contributed by atoms with Gasteiger partial charge in [0.25, 0.3) is 0 Å². The molecule has 1 heterocycles. The van der Waals surface area contributed by atoms with Crippen molar-refractivity contribution < 1.29 is 5.11 Å². The van der Waals surface area contributed by atoms with Gasteiger partial charge in [-0.15, -0.1) is 0 Å². The van der Waals surface area contributed by atoms with E-state index >= 15 is 0 Å². The summed E-state index contributed by atoms with van der Waals surface area (Å²) in [6.07, 6.45) is -0.135. The highest BCUT2D eigenvalue weighted by molar-refractivity contribution is 14.1. The van der Waals surface area contributed by atoms with Crippen LogP contribution in [0.25, 0.3) is 0 Å². The zero-order chi connectivity index (χ0) is 14.5. The summed E-state index contributed by atoms with van der Waals surface area (Å²) in [6, 6.07) is 16.3. The Morgan fingerprint density at radius 3 is 2.05 bits per heavy atom. The van der Waals surface area contributed by atoms with E-state index in [1.807, 2.05) is 24.3 Å². The summed E-state index contributed by atoms with van der Waals surface area (Å²) < 4.78 is 3.49. The molecule has 2 nitrogen and oxygen atoms in total. The first-order chi connectivity index (χ1) is 9.54. The molecule has 0 bridgehead atoms. The molecular weight excluding hydrogens is 497 g/mol. The van der Waals surface area contributed by atoms with E-state index in [-0.39, 0.29) is 6.10 Å². The zero-order valence-corrected chi connectivity index (χ0v) is 16.0. The van der Waals surface area contributed by atoms with E-state index in [0.29, 0.717) is 0 Å². The number of hydrogen-bond acceptors (Lipinski definition) is 2. The van der Waals surface area contributed by atoms with Gasteiger partial charge < -0.3 is 10.0 Å². The number of aliphatic hydroxyl groups is 1. The quantitative estimate of drug-likeness (QED) is 0.563. The zero-order valence-electron chi connectivity index (χ0n) is 10.6. The molecule has 0 unspecified atom stereocenters. The molecular formula is C15H14Br2INO. The van der Waals surface area contributed by atoms with Crippen molar-refractivity contribution in [3.8, 4) is 0 Å². The van der Waals surface area contributed by atoms with Gasteiger partial charge in [-0.05, 0) is 59.0 Å². The Labute approximate surface area is 149 Å². The first kappa shape index (κ1) is 16.3. The van der Waals surface area contributed by atoms with Crippen LogP contribution in [0.2, 0.25) is 0 Å². The molecule has 0 aromatic heterocycles. The fourth-order valence-corrected chi connectivity index (χ4v) is 3.56. The Bertz CT molecular complexity index is 556. The van der Waals surface area contributed by atoms with Gasteiger partial charge in [-0.25, -0.2) is 0 Å². The molecule has 1 aliphatic rings. The highest BCUT2D eigenvalue weighted by Gasteiger charge is 2.24. The Morgan fingerprint density at radius 1 is 1.00 bits per heavy atom. The SMILES string of the molecule is Brc1cccc(I)c1.OC1CN(c2cccc(Br)c2)C1. The molecule has 2 aromatic rings. The van der Waals surface area contributed by atoms with E-state index in [2.05, 4.69) is 83.6 Å². The van der Waals surface area contributed by atoms with E-state index in [4.69, 9.17) is 5.11 Å². The summed E-state index contributed by atoms with van der Waals surface area (Å²) in [7, 11) is 0. The van der Waals surface area contributed by atoms with Gasteiger partial charge in [-0.1, -0.05) is 44.0 Å². The molecule has 1 aliphatic heterocycles. The Balaban J connectivity index is 0.000000160. The van der Waals surface area contributed by atoms with Gasteiger partial charge in [0.1, 0.15) is 0 Å². The lowest BCUT2D eigenvalue weighted by Gasteiger charge is -2.37. The lowest BCUT2D eigenvalue weighted by molar-refractivity contribution is 0.142. The van der Waals surface area contributed by atoms with E-state index in [1.165, 1.54) is 9.26 Å². The van der Waals surface area contributed by atoms with Crippen LogP contribution >= 0.6 is 54.5 Å². The van der Waals surface area contributed by atoms with Crippen molar-refractivity contribution in [2.75, 3.05) is 18.0 Å². The third-order valence-corrected chi connectivity index (χ3v) is 4.48. The second kappa shape index (κ2) is 7.77. The number of benzene rings is 2. The van der Waals surface area contributed by atoms with Crippen LogP contribution in [0, 0.1) is 3.57 Å². The number of hydrogen-bond donors (Lipinski definition) is 1. The molecule has 0 aliphatic carbocycles. The first-order valence-electron chi connectivity index (χ1n) is 6.14. The van der Waals surface area contributed by atoms with Gasteiger partial charge in [0.2, 0.25) is 0 Å². The molecule has 2 aromatic carbocycles. The van der Waals surface area contributed by atoms with Crippen LogP contribution in [-0.4, -0.2) is 24.3 Å². The van der Waals surface area contributed by atoms with Crippen LogP contribution in [0.5, 0.6) is 0 Å². The minimum Gasteiger partial charge on any atom is -0.389 e. The van der Waals surface area contributed by atoms with Crippen molar-refractivity contribution in [3.05, 3.63) is 61.0 Å². The molecule has 5 heteroatoms. The van der Waals surface area contributed by atoms with Crippen molar-refractivity contribution in [1.82, 2.24) is 0 Å². The maximum Gasteiger partial charge on any atom is 0.0889 e. The van der Waals surface area contributed by atoms with E-state index in [1.54, 1.807) is 0 Å². The largest absolute Gasteiger partial charge is 0.389 e. The fourth-order valence-electron chi connectivity index (χ4n) is 1.80. The van der Waals surface area contributed by atoms with Crippen LogP contribution in [0.3, 0.4) is 0 Å². The summed E-state index contributed by atoms with van der Waals surface area (Å²) in [5.74, 6) is 0. The normalized spacial score (nSPS) is 14.3. The molecule has 0 spiro atoms. The van der Waals surface area contributed by atoms with Crippen molar-refractivity contribution >= 4 is 60.1 Å². The lowest BCUT2D eigenvalue weighted by Crippen LogP contribution is -2.50. The average molecular weight is 511 g/mol. The third kappa shape index (κ3) is 5.02. The molecule has 0 saturated carbocycles. The second-order valence-corrected chi connectivity index (χ2v) is 7.56. The van der Waals surface area contributed by atoms with Crippen LogP contribution in [0.4, 0.5) is 5.69 Å². The second-order valence-electron chi connectivity index (χ2n) is 4.48. The Morgan fingerprint density at radius 2 is 1.60 bits per heavy atom. The lowest BCUT2D eigenvalue weighted by atomic mass is 10.1. The summed E-state index contributed by atoms with van der Waals surface area (Å²) >= 11 is 9.04. The molecule has 106 valence electrons. The number of nitrogens with zero attached hydrogens (tertiary/aromatic N) is 1. The van der Waals surface area contributed by atoms with E-state index in [9.17, 15) is 0 Å². The van der Waals surface area contributed by atoms with Crippen molar-refractivity contribution in [2.45, 2.75) is 6.10 Å². The van der Waals surface area contributed by atoms with E-state index in [0.717, 1.165) is 22.0 Å². The maximum absolute atomic E-state index is 9.10. The van der Waals surface area contributed by atoms with Crippen molar-refractivity contribution in [2.24, 2.45) is 0 Å². The summed E-state index contributed by atoms with van der Waals surface area (Å²) in [5.41, 5.74) is 1.18. The monoisotopic (exact) mass is 509 g/mol. The van der Waals surface area contributed by atoms with Gasteiger partial charge in [0.05, 0.1) is 6.10 Å². The summed E-state index contributed by atoms with van der Waals surface area (Å²) in [5, 5.41) is 9.10. The van der Waals surface area contributed by atoms with Gasteiger partial charge in [0, 0.05) is 31.3 Å². The van der Waals surface area contributed by atoms with Gasteiger partial charge >= 0.3 is 0 Å². The predicted octanol–water partition coefficient (Wildman–Crippen LogP) is 4.68. The van der Waals surface area contributed by atoms with Crippen molar-refractivity contribution in [3.63, 3.8) is 0 Å². The fraction of sp³-hybridized carbons (Fsp3) is 0.200. The smallest absolute Gasteiger partial charge is 0.0889 e. The Hall–Kier alpha value is -0.110. The number of β-amino-alcohol motifs (C(OH)–C–C–N with tert-alkyl or cyclic N) is 1. The van der Waals surface area contributed by atoms with Crippen LogP contribution < -0.4 is 4.90 Å². The van der Waals surface area contributed by atoms with Gasteiger partial charge in [-0.3, -0.25) is 0 Å². The molecule has 3 rings (SSSR count). The first-order valence-corrected chi connectivity index (χ1v) is 8.81. The summed E-state index contributed by atoms with van der Waals surface area (Å²) in [4.78, 5) is 2.15. The van der Waals surface area contributed by atoms with E-state index < -0.39 is 0 Å². The van der Waals surface area contributed by atoms with Gasteiger partial charge in [0.15, 0.2) is 0 Å². The molecule has 1 N–H and O–H groups in total. The van der Waals surface area contributed by atoms with Crippen molar-refractivity contribution in [1.29, 1.82) is 0 Å². The standard InChI is InChI=1S/C9H10BrNO.C6H4BrI/c10-7-2-1-3-8(4-7)11-5-9(12)6-11;7-5-2-1-3-6(8)4-5/h1-4,9,12H,5-6H2;1-4H. The minimum atomic E-state index is -0.135. The molecule has 0 amide bonds. The molecule has 1 fully saturated rings. The number of anilines is 1. The van der Waals surface area contributed by atoms with Crippen LogP contribution in [0.1, 0.15) is 0 Å². The third-order valence-electron chi connectivity index (χ3n) is 2.82. The molecule has 20 heavy (non-hydrogen) atoms. The Kier molecular flexibility index (Phi) is 6.32. The molecule has 0 radical (unpaired) electrons. The van der Waals surface area contributed by atoms with Gasteiger partial charge in [-0.2, -0.15) is 0 Å². The number of halogens is 3. The van der Waals surface area contributed by atoms with Crippen LogP contribution in [-0.2, 0) is 0 Å². The number of aliphatic hydroxyl groups excluding tert-OH is 1. The maximum atomic E-state index is 9.10. The topological polar surface area (TPSA) is 23.5 Å². The van der Waals surface area contributed by atoms with Crippen LogP contribution in [0.15, 0.2) is 57.5 Å². The average Bonchev–Trinajstić information content (AvgIpc) is 2.35. The summed E-state index contributed by atoms with van der Waals surface area (Å²) in [6.45, 7) is 1.52.